The number of amides is 1. The van der Waals surface area contributed by atoms with E-state index in [4.69, 9.17) is 11.6 Å². The summed E-state index contributed by atoms with van der Waals surface area (Å²) in [6, 6.07) is 11.2. The lowest BCUT2D eigenvalue weighted by Crippen LogP contribution is -2.31. The predicted molar refractivity (Wildman–Crippen MR) is 107 cm³/mol. The van der Waals surface area contributed by atoms with Crippen molar-refractivity contribution in [2.45, 2.75) is 13.5 Å². The molecule has 0 bridgehead atoms. The third-order valence-corrected chi connectivity index (χ3v) is 5.44. The molecule has 1 aromatic carbocycles. The highest BCUT2D eigenvalue weighted by atomic mass is 35.5. The highest BCUT2D eigenvalue weighted by molar-refractivity contribution is 7.22. The zero-order valence-electron chi connectivity index (χ0n) is 14.8. The van der Waals surface area contributed by atoms with E-state index >= 15 is 0 Å². The number of carbonyl (C=O) groups excluding carboxylic acids is 1. The van der Waals surface area contributed by atoms with Gasteiger partial charge in [-0.05, 0) is 31.2 Å². The highest BCUT2D eigenvalue weighted by Crippen LogP contribution is 2.34. The van der Waals surface area contributed by atoms with Gasteiger partial charge in [-0.25, -0.2) is 4.98 Å². The number of carbonyl (C=O) groups is 1. The minimum Gasteiger partial charge on any atom is -0.276 e. The first kappa shape index (κ1) is 17.6. The number of fused-ring (bicyclic) bond motifs is 1. The van der Waals surface area contributed by atoms with Crippen molar-refractivity contribution in [2.24, 2.45) is 7.05 Å². The quantitative estimate of drug-likeness (QED) is 0.516. The molecule has 8 heteroatoms. The van der Waals surface area contributed by atoms with Crippen LogP contribution in [0.25, 0.3) is 10.2 Å². The second-order valence-electron chi connectivity index (χ2n) is 6.13. The van der Waals surface area contributed by atoms with E-state index in [9.17, 15) is 4.79 Å². The summed E-state index contributed by atoms with van der Waals surface area (Å²) in [5.74, 6) is -0.214. The Morgan fingerprint density at radius 1 is 1.26 bits per heavy atom. The Kier molecular flexibility index (Phi) is 4.63. The van der Waals surface area contributed by atoms with Crippen molar-refractivity contribution in [1.82, 2.24) is 19.7 Å². The number of benzene rings is 1. The van der Waals surface area contributed by atoms with Gasteiger partial charge in [0, 0.05) is 25.0 Å². The molecule has 0 radical (unpaired) electrons. The van der Waals surface area contributed by atoms with Gasteiger partial charge in [-0.3, -0.25) is 19.4 Å². The molecule has 27 heavy (non-hydrogen) atoms. The van der Waals surface area contributed by atoms with E-state index in [0.29, 0.717) is 27.9 Å². The van der Waals surface area contributed by atoms with Crippen molar-refractivity contribution in [2.75, 3.05) is 4.90 Å². The van der Waals surface area contributed by atoms with Crippen LogP contribution in [-0.4, -0.2) is 25.7 Å². The van der Waals surface area contributed by atoms with E-state index in [0.717, 1.165) is 16.0 Å². The number of hydrogen-bond donors (Lipinski definition) is 0. The van der Waals surface area contributed by atoms with Crippen LogP contribution in [0.4, 0.5) is 5.13 Å². The summed E-state index contributed by atoms with van der Waals surface area (Å²) in [7, 11) is 1.80. The molecule has 0 aliphatic carbocycles. The molecular formula is C19H16ClN5OS. The molecule has 4 rings (SSSR count). The molecule has 0 saturated heterocycles. The second-order valence-corrected chi connectivity index (χ2v) is 7.55. The molecule has 136 valence electrons. The Labute approximate surface area is 165 Å². The smallest absolute Gasteiger partial charge is 0.276 e. The van der Waals surface area contributed by atoms with Gasteiger partial charge in [-0.1, -0.05) is 35.1 Å². The van der Waals surface area contributed by atoms with Crippen LogP contribution in [-0.2, 0) is 13.6 Å². The van der Waals surface area contributed by atoms with E-state index < -0.39 is 0 Å². The Balaban J connectivity index is 1.80. The van der Waals surface area contributed by atoms with Crippen LogP contribution in [0.3, 0.4) is 0 Å². The second kappa shape index (κ2) is 7.09. The fourth-order valence-electron chi connectivity index (χ4n) is 2.84. The monoisotopic (exact) mass is 397 g/mol. The predicted octanol–water partition coefficient (Wildman–Crippen LogP) is 4.23. The number of para-hydroxylation sites is 1. The largest absolute Gasteiger partial charge is 0.281 e. The van der Waals surface area contributed by atoms with Gasteiger partial charge in [0.15, 0.2) is 10.8 Å². The van der Waals surface area contributed by atoms with E-state index in [1.165, 1.54) is 11.3 Å². The zero-order valence-corrected chi connectivity index (χ0v) is 16.3. The van der Waals surface area contributed by atoms with Crippen molar-refractivity contribution >= 4 is 44.2 Å². The summed E-state index contributed by atoms with van der Waals surface area (Å²) in [6.45, 7) is 2.17. The molecule has 0 N–H and O–H groups in total. The normalized spacial score (nSPS) is 11.1. The first-order valence-electron chi connectivity index (χ1n) is 8.30. The lowest BCUT2D eigenvalue weighted by molar-refractivity contribution is 0.0978. The van der Waals surface area contributed by atoms with Gasteiger partial charge < -0.3 is 0 Å². The van der Waals surface area contributed by atoms with Gasteiger partial charge in [0.2, 0.25) is 0 Å². The fraction of sp³-hybridized carbons (Fsp3) is 0.158. The van der Waals surface area contributed by atoms with E-state index in [2.05, 4.69) is 15.1 Å². The summed E-state index contributed by atoms with van der Waals surface area (Å²) < 4.78 is 2.56. The standard InChI is InChI=1S/C19H16ClN5OS/c1-12-10-24(2)23-16(12)18(26)25(11-13-6-3-4-9-21-13)19-22-17-14(20)7-5-8-15(17)27-19/h3-10H,11H2,1-2H3. The summed E-state index contributed by atoms with van der Waals surface area (Å²) in [5.41, 5.74) is 2.67. The van der Waals surface area contributed by atoms with Crippen LogP contribution in [0, 0.1) is 6.92 Å². The first-order valence-corrected chi connectivity index (χ1v) is 9.49. The molecule has 0 spiro atoms. The Hall–Kier alpha value is -2.77. The fourth-order valence-corrected chi connectivity index (χ4v) is 4.11. The summed E-state index contributed by atoms with van der Waals surface area (Å²) in [6.07, 6.45) is 3.53. The van der Waals surface area contributed by atoms with E-state index in [1.807, 2.05) is 43.5 Å². The Morgan fingerprint density at radius 3 is 2.78 bits per heavy atom. The third kappa shape index (κ3) is 3.43. The molecule has 0 saturated carbocycles. The zero-order chi connectivity index (χ0) is 19.0. The molecule has 4 aromatic rings. The molecule has 0 fully saturated rings. The molecule has 0 aliphatic heterocycles. The van der Waals surface area contributed by atoms with Crippen LogP contribution in [0.1, 0.15) is 21.7 Å². The van der Waals surface area contributed by atoms with Gasteiger partial charge in [-0.15, -0.1) is 0 Å². The first-order chi connectivity index (χ1) is 13.0. The number of rotatable bonds is 4. The summed E-state index contributed by atoms with van der Waals surface area (Å²) in [5, 5.41) is 5.46. The third-order valence-electron chi connectivity index (χ3n) is 4.10. The minimum atomic E-state index is -0.214. The van der Waals surface area contributed by atoms with Crippen molar-refractivity contribution in [1.29, 1.82) is 0 Å². The molecule has 0 atom stereocenters. The number of halogens is 1. The van der Waals surface area contributed by atoms with Gasteiger partial charge in [0.1, 0.15) is 5.52 Å². The molecule has 3 heterocycles. The van der Waals surface area contributed by atoms with Gasteiger partial charge in [0.25, 0.3) is 5.91 Å². The summed E-state index contributed by atoms with van der Waals surface area (Å²) in [4.78, 5) is 23.9. The van der Waals surface area contributed by atoms with Crippen LogP contribution < -0.4 is 4.90 Å². The van der Waals surface area contributed by atoms with Gasteiger partial charge in [-0.2, -0.15) is 5.10 Å². The van der Waals surface area contributed by atoms with Gasteiger partial charge >= 0.3 is 0 Å². The topological polar surface area (TPSA) is 63.9 Å². The maximum absolute atomic E-state index is 13.3. The van der Waals surface area contributed by atoms with Crippen LogP contribution in [0.2, 0.25) is 5.02 Å². The van der Waals surface area contributed by atoms with E-state index in [-0.39, 0.29) is 5.91 Å². The molecular weight excluding hydrogens is 382 g/mol. The number of aromatic nitrogens is 4. The molecule has 6 nitrogen and oxygen atoms in total. The number of pyridine rings is 1. The SMILES string of the molecule is Cc1cn(C)nc1C(=O)N(Cc1ccccn1)c1nc2c(Cl)cccc2s1. The van der Waals surface area contributed by atoms with Crippen molar-refractivity contribution in [3.8, 4) is 0 Å². The number of nitrogens with zero attached hydrogens (tertiary/aromatic N) is 5. The Bertz CT molecular complexity index is 1120. The average Bonchev–Trinajstić information content (AvgIpc) is 3.23. The molecule has 1 amide bonds. The Morgan fingerprint density at radius 2 is 2.11 bits per heavy atom. The molecule has 3 aromatic heterocycles. The van der Waals surface area contributed by atoms with Crippen molar-refractivity contribution in [3.05, 3.63) is 70.8 Å². The van der Waals surface area contributed by atoms with E-state index in [1.54, 1.807) is 28.9 Å². The lowest BCUT2D eigenvalue weighted by atomic mass is 10.2. The molecule has 0 unspecified atom stereocenters. The summed E-state index contributed by atoms with van der Waals surface area (Å²) >= 11 is 7.69. The average molecular weight is 398 g/mol. The van der Waals surface area contributed by atoms with Crippen LogP contribution in [0.5, 0.6) is 0 Å². The highest BCUT2D eigenvalue weighted by Gasteiger charge is 2.26. The number of hydrogen-bond acceptors (Lipinski definition) is 5. The van der Waals surface area contributed by atoms with Gasteiger partial charge in [0.05, 0.1) is 22.0 Å². The maximum Gasteiger partial charge on any atom is 0.281 e. The lowest BCUT2D eigenvalue weighted by Gasteiger charge is -2.18. The maximum atomic E-state index is 13.3. The molecule has 0 aliphatic rings. The van der Waals surface area contributed by atoms with Crippen molar-refractivity contribution < 1.29 is 4.79 Å². The minimum absolute atomic E-state index is 0.214. The number of thiazole rings is 1. The van der Waals surface area contributed by atoms with Crippen molar-refractivity contribution in [3.63, 3.8) is 0 Å². The number of aryl methyl sites for hydroxylation is 2. The van der Waals surface area contributed by atoms with Crippen LogP contribution >= 0.6 is 22.9 Å². The van der Waals surface area contributed by atoms with Crippen LogP contribution in [0.15, 0.2) is 48.8 Å². The number of anilines is 1.